The second-order valence-electron chi connectivity index (χ2n) is 5.74. The van der Waals surface area contributed by atoms with E-state index in [2.05, 4.69) is 40.7 Å². The predicted octanol–water partition coefficient (Wildman–Crippen LogP) is 2.78. The Labute approximate surface area is 114 Å². The molecule has 3 rings (SSSR count). The molecular formula is C16H21N3. The van der Waals surface area contributed by atoms with Gasteiger partial charge in [-0.2, -0.15) is 0 Å². The molecule has 3 heteroatoms. The summed E-state index contributed by atoms with van der Waals surface area (Å²) < 4.78 is 2.24. The van der Waals surface area contributed by atoms with Crippen LogP contribution in [0.4, 0.5) is 0 Å². The van der Waals surface area contributed by atoms with Crippen LogP contribution in [-0.4, -0.2) is 9.55 Å². The first-order chi connectivity index (χ1) is 9.24. The zero-order valence-electron chi connectivity index (χ0n) is 11.4. The Kier molecular flexibility index (Phi) is 3.38. The van der Waals surface area contributed by atoms with Gasteiger partial charge in [0, 0.05) is 12.7 Å². The molecule has 2 aromatic rings. The van der Waals surface area contributed by atoms with Crippen LogP contribution in [0, 0.1) is 11.8 Å². The van der Waals surface area contributed by atoms with Crippen molar-refractivity contribution in [3.05, 3.63) is 54.1 Å². The molecule has 3 atom stereocenters. The normalized spacial score (nSPS) is 23.3. The summed E-state index contributed by atoms with van der Waals surface area (Å²) in [5.41, 5.74) is 8.78. The second kappa shape index (κ2) is 5.17. The van der Waals surface area contributed by atoms with Gasteiger partial charge in [-0.05, 0) is 30.2 Å². The third-order valence-electron chi connectivity index (χ3n) is 4.13. The SMILES string of the molecule is CC1CC1Cn1cncc1[C@H](N)Cc1ccccc1. The van der Waals surface area contributed by atoms with Gasteiger partial charge in [0.2, 0.25) is 0 Å². The van der Waals surface area contributed by atoms with E-state index in [9.17, 15) is 0 Å². The number of aromatic nitrogens is 2. The van der Waals surface area contributed by atoms with E-state index in [1.165, 1.54) is 12.0 Å². The van der Waals surface area contributed by atoms with Crippen molar-refractivity contribution < 1.29 is 0 Å². The van der Waals surface area contributed by atoms with E-state index in [0.717, 1.165) is 30.5 Å². The number of imidazole rings is 1. The fourth-order valence-electron chi connectivity index (χ4n) is 2.67. The van der Waals surface area contributed by atoms with Gasteiger partial charge in [-0.15, -0.1) is 0 Å². The van der Waals surface area contributed by atoms with Gasteiger partial charge in [0.1, 0.15) is 0 Å². The maximum atomic E-state index is 6.34. The van der Waals surface area contributed by atoms with Crippen LogP contribution >= 0.6 is 0 Å². The Morgan fingerprint density at radius 2 is 2.11 bits per heavy atom. The molecule has 2 N–H and O–H groups in total. The molecule has 19 heavy (non-hydrogen) atoms. The molecular weight excluding hydrogens is 234 g/mol. The topological polar surface area (TPSA) is 43.8 Å². The van der Waals surface area contributed by atoms with E-state index in [-0.39, 0.29) is 6.04 Å². The molecule has 1 aliphatic carbocycles. The Bertz CT molecular complexity index is 532. The van der Waals surface area contributed by atoms with E-state index in [1.54, 1.807) is 0 Å². The molecule has 1 heterocycles. The number of nitrogens with two attached hydrogens (primary N) is 1. The molecule has 0 radical (unpaired) electrons. The minimum absolute atomic E-state index is 0.0268. The zero-order valence-corrected chi connectivity index (χ0v) is 11.4. The fraction of sp³-hybridized carbons (Fsp3) is 0.438. The van der Waals surface area contributed by atoms with Gasteiger partial charge in [0.15, 0.2) is 0 Å². The summed E-state index contributed by atoms with van der Waals surface area (Å²) >= 11 is 0. The van der Waals surface area contributed by atoms with E-state index in [4.69, 9.17) is 5.73 Å². The lowest BCUT2D eigenvalue weighted by atomic mass is 10.0. The molecule has 1 aromatic carbocycles. The van der Waals surface area contributed by atoms with Crippen LogP contribution in [0.3, 0.4) is 0 Å². The first-order valence-electron chi connectivity index (χ1n) is 7.03. The highest BCUT2D eigenvalue weighted by Crippen LogP contribution is 2.39. The van der Waals surface area contributed by atoms with Crippen LogP contribution in [-0.2, 0) is 13.0 Å². The molecule has 1 aliphatic rings. The van der Waals surface area contributed by atoms with Crippen LogP contribution in [0.5, 0.6) is 0 Å². The van der Waals surface area contributed by atoms with Crippen molar-refractivity contribution in [3.63, 3.8) is 0 Å². The Hall–Kier alpha value is -1.61. The number of nitrogens with zero attached hydrogens (tertiary/aromatic N) is 2. The van der Waals surface area contributed by atoms with Crippen molar-refractivity contribution in [2.45, 2.75) is 32.4 Å². The van der Waals surface area contributed by atoms with Gasteiger partial charge in [-0.3, -0.25) is 0 Å². The van der Waals surface area contributed by atoms with Crippen molar-refractivity contribution >= 4 is 0 Å². The summed E-state index contributed by atoms with van der Waals surface area (Å²) in [5, 5.41) is 0. The first-order valence-corrected chi connectivity index (χ1v) is 7.03. The summed E-state index contributed by atoms with van der Waals surface area (Å²) in [7, 11) is 0. The predicted molar refractivity (Wildman–Crippen MR) is 76.6 cm³/mol. The van der Waals surface area contributed by atoms with Crippen LogP contribution in [0.2, 0.25) is 0 Å². The van der Waals surface area contributed by atoms with E-state index in [1.807, 2.05) is 18.6 Å². The molecule has 3 nitrogen and oxygen atoms in total. The van der Waals surface area contributed by atoms with Gasteiger partial charge >= 0.3 is 0 Å². The maximum Gasteiger partial charge on any atom is 0.0948 e. The summed E-state index contributed by atoms with van der Waals surface area (Å²) in [6.07, 6.45) is 6.05. The average molecular weight is 255 g/mol. The van der Waals surface area contributed by atoms with Crippen molar-refractivity contribution in [3.8, 4) is 0 Å². The lowest BCUT2D eigenvalue weighted by molar-refractivity contribution is 0.544. The Morgan fingerprint density at radius 3 is 2.79 bits per heavy atom. The van der Waals surface area contributed by atoms with Crippen LogP contribution in [0.1, 0.15) is 30.6 Å². The van der Waals surface area contributed by atoms with Crippen molar-refractivity contribution in [2.24, 2.45) is 17.6 Å². The van der Waals surface area contributed by atoms with Crippen LogP contribution in [0.15, 0.2) is 42.9 Å². The Balaban J connectivity index is 1.69. The first kappa shape index (κ1) is 12.4. The Morgan fingerprint density at radius 1 is 1.37 bits per heavy atom. The number of hydrogen-bond acceptors (Lipinski definition) is 2. The molecule has 1 saturated carbocycles. The summed E-state index contributed by atoms with van der Waals surface area (Å²) in [4.78, 5) is 4.27. The quantitative estimate of drug-likeness (QED) is 0.892. The van der Waals surface area contributed by atoms with Gasteiger partial charge in [0.05, 0.1) is 18.1 Å². The maximum absolute atomic E-state index is 6.34. The standard InChI is InChI=1S/C16H21N3/c1-12-7-14(12)10-19-11-18-9-16(19)15(17)8-13-5-3-2-4-6-13/h2-6,9,11-12,14-15H,7-8,10,17H2,1H3/t12?,14?,15-/m1/s1. The van der Waals surface area contributed by atoms with Crippen molar-refractivity contribution in [2.75, 3.05) is 0 Å². The highest BCUT2D eigenvalue weighted by atomic mass is 15.1. The van der Waals surface area contributed by atoms with Crippen molar-refractivity contribution in [1.82, 2.24) is 9.55 Å². The molecule has 0 bridgehead atoms. The lowest BCUT2D eigenvalue weighted by Gasteiger charge is -2.14. The molecule has 100 valence electrons. The lowest BCUT2D eigenvalue weighted by Crippen LogP contribution is -2.18. The molecule has 2 unspecified atom stereocenters. The smallest absolute Gasteiger partial charge is 0.0948 e. The molecule has 0 saturated heterocycles. The molecule has 0 spiro atoms. The molecule has 0 aliphatic heterocycles. The van der Waals surface area contributed by atoms with Gasteiger partial charge in [-0.1, -0.05) is 37.3 Å². The summed E-state index contributed by atoms with van der Waals surface area (Å²) in [6.45, 7) is 3.38. The fourth-order valence-corrected chi connectivity index (χ4v) is 2.67. The highest BCUT2D eigenvalue weighted by molar-refractivity contribution is 5.18. The van der Waals surface area contributed by atoms with Crippen LogP contribution in [0.25, 0.3) is 0 Å². The van der Waals surface area contributed by atoms with E-state index < -0.39 is 0 Å². The molecule has 0 amide bonds. The van der Waals surface area contributed by atoms with E-state index in [0.29, 0.717) is 0 Å². The third kappa shape index (κ3) is 2.87. The zero-order chi connectivity index (χ0) is 13.2. The summed E-state index contributed by atoms with van der Waals surface area (Å²) in [6, 6.07) is 10.4. The van der Waals surface area contributed by atoms with Crippen LogP contribution < -0.4 is 5.73 Å². The van der Waals surface area contributed by atoms with Gasteiger partial charge in [0.25, 0.3) is 0 Å². The summed E-state index contributed by atoms with van der Waals surface area (Å²) in [5.74, 6) is 1.68. The van der Waals surface area contributed by atoms with Gasteiger partial charge < -0.3 is 10.3 Å². The van der Waals surface area contributed by atoms with E-state index >= 15 is 0 Å². The van der Waals surface area contributed by atoms with Gasteiger partial charge in [-0.25, -0.2) is 4.98 Å². The minimum Gasteiger partial charge on any atom is -0.333 e. The average Bonchev–Trinajstić information content (AvgIpc) is 2.90. The largest absolute Gasteiger partial charge is 0.333 e. The number of benzene rings is 1. The highest BCUT2D eigenvalue weighted by Gasteiger charge is 2.33. The monoisotopic (exact) mass is 255 g/mol. The number of rotatable bonds is 5. The second-order valence-corrected chi connectivity index (χ2v) is 5.74. The minimum atomic E-state index is 0.0268. The number of hydrogen-bond donors (Lipinski definition) is 1. The molecule has 1 aromatic heterocycles. The van der Waals surface area contributed by atoms with Crippen molar-refractivity contribution in [1.29, 1.82) is 0 Å². The molecule has 1 fully saturated rings. The third-order valence-corrected chi connectivity index (χ3v) is 4.13.